The summed E-state index contributed by atoms with van der Waals surface area (Å²) in [4.78, 5) is 2.70. The fraction of sp³-hybridized carbons (Fsp3) is 0.462. The molecule has 1 unspecified atom stereocenters. The van der Waals surface area contributed by atoms with Gasteiger partial charge in [-0.2, -0.15) is 0 Å². The molecule has 0 amide bonds. The Hall–Kier alpha value is -1.13. The van der Waals surface area contributed by atoms with E-state index in [1.165, 1.54) is 5.69 Å². The molecular weight excluding hydrogens is 232 g/mol. The first-order valence-corrected chi connectivity index (χ1v) is 6.26. The van der Waals surface area contributed by atoms with Gasteiger partial charge in [-0.15, -0.1) is 0 Å². The van der Waals surface area contributed by atoms with E-state index >= 15 is 0 Å². The van der Waals surface area contributed by atoms with Crippen LogP contribution in [0.3, 0.4) is 0 Å². The van der Waals surface area contributed by atoms with E-state index in [1.54, 1.807) is 0 Å². The first kappa shape index (κ1) is 12.3. The quantitative estimate of drug-likeness (QED) is 0.827. The number of nitrogens with two attached hydrogens (primary N) is 1. The van der Waals surface area contributed by atoms with Crippen molar-refractivity contribution in [2.24, 2.45) is 11.7 Å². The van der Waals surface area contributed by atoms with Crippen LogP contribution in [0.1, 0.15) is 12.0 Å². The predicted molar refractivity (Wildman–Crippen MR) is 74.5 cm³/mol. The van der Waals surface area contributed by atoms with Crippen molar-refractivity contribution in [1.29, 1.82) is 0 Å². The molecule has 4 heteroatoms. The lowest BCUT2D eigenvalue weighted by molar-refractivity contribution is 0.186. The van der Waals surface area contributed by atoms with E-state index in [1.807, 2.05) is 12.1 Å². The molecule has 0 aromatic heterocycles. The molecule has 0 spiro atoms. The lowest BCUT2D eigenvalue weighted by Crippen LogP contribution is -2.25. The molecule has 92 valence electrons. The van der Waals surface area contributed by atoms with Gasteiger partial charge in [0.1, 0.15) is 4.99 Å². The van der Waals surface area contributed by atoms with Crippen molar-refractivity contribution in [2.75, 3.05) is 31.7 Å². The third-order valence-corrected chi connectivity index (χ3v) is 3.38. The lowest BCUT2D eigenvalue weighted by Gasteiger charge is -2.22. The number of nitrogens with zero attached hydrogens (tertiary/aromatic N) is 1. The maximum atomic E-state index is 5.57. The van der Waals surface area contributed by atoms with Gasteiger partial charge in [-0.3, -0.25) is 0 Å². The van der Waals surface area contributed by atoms with Crippen LogP contribution >= 0.6 is 12.2 Å². The van der Waals surface area contributed by atoms with Gasteiger partial charge in [0.2, 0.25) is 0 Å². The Morgan fingerprint density at radius 1 is 1.47 bits per heavy atom. The van der Waals surface area contributed by atoms with E-state index in [2.05, 4.69) is 24.1 Å². The minimum Gasteiger partial charge on any atom is -0.389 e. The smallest absolute Gasteiger partial charge is 0.103 e. The summed E-state index contributed by atoms with van der Waals surface area (Å²) in [5.41, 5.74) is 7.68. The Morgan fingerprint density at radius 2 is 2.18 bits per heavy atom. The van der Waals surface area contributed by atoms with Crippen LogP contribution in [0.4, 0.5) is 5.69 Å². The molecule has 1 aromatic rings. The number of hydrogen-bond acceptors (Lipinski definition) is 3. The Morgan fingerprint density at radius 3 is 2.71 bits per heavy atom. The van der Waals surface area contributed by atoms with Gasteiger partial charge in [0, 0.05) is 37.4 Å². The lowest BCUT2D eigenvalue weighted by atomic mass is 10.1. The summed E-state index contributed by atoms with van der Waals surface area (Å²) < 4.78 is 5.38. The second-order valence-electron chi connectivity index (χ2n) is 4.52. The van der Waals surface area contributed by atoms with Crippen LogP contribution in [0.5, 0.6) is 0 Å². The van der Waals surface area contributed by atoms with Crippen molar-refractivity contribution in [2.45, 2.75) is 6.42 Å². The minimum atomic E-state index is 0.448. The maximum absolute atomic E-state index is 5.57. The van der Waals surface area contributed by atoms with Crippen LogP contribution < -0.4 is 10.6 Å². The summed E-state index contributed by atoms with van der Waals surface area (Å²) in [6.45, 7) is 2.82. The second kappa shape index (κ2) is 5.47. The Labute approximate surface area is 108 Å². The number of rotatable bonds is 4. The van der Waals surface area contributed by atoms with Crippen LogP contribution in [0, 0.1) is 5.92 Å². The van der Waals surface area contributed by atoms with Crippen LogP contribution in [0.15, 0.2) is 24.3 Å². The molecule has 0 bridgehead atoms. The summed E-state index contributed by atoms with van der Waals surface area (Å²) in [5, 5.41) is 0. The topological polar surface area (TPSA) is 38.5 Å². The van der Waals surface area contributed by atoms with Gasteiger partial charge in [0.15, 0.2) is 0 Å². The highest BCUT2D eigenvalue weighted by molar-refractivity contribution is 7.80. The normalized spacial score (nSPS) is 19.2. The van der Waals surface area contributed by atoms with E-state index < -0.39 is 0 Å². The standard InChI is InChI=1S/C13H18N2OS/c1-15(8-10-6-7-16-9-10)12-4-2-11(3-5-12)13(14)17/h2-5,10H,6-9H2,1H3,(H2,14,17). The van der Waals surface area contributed by atoms with Crippen molar-refractivity contribution in [3.63, 3.8) is 0 Å². The molecular formula is C13H18N2OS. The first-order chi connectivity index (χ1) is 8.16. The summed E-state index contributed by atoms with van der Waals surface area (Å²) in [6.07, 6.45) is 1.16. The molecule has 1 atom stereocenters. The Kier molecular flexibility index (Phi) is 3.97. The van der Waals surface area contributed by atoms with Crippen LogP contribution in [-0.2, 0) is 4.74 Å². The third kappa shape index (κ3) is 3.17. The number of hydrogen-bond donors (Lipinski definition) is 1. The fourth-order valence-corrected chi connectivity index (χ4v) is 2.24. The molecule has 0 radical (unpaired) electrons. The molecule has 1 aromatic carbocycles. The van der Waals surface area contributed by atoms with Crippen LogP contribution in [0.25, 0.3) is 0 Å². The van der Waals surface area contributed by atoms with Crippen molar-refractivity contribution >= 4 is 22.9 Å². The highest BCUT2D eigenvalue weighted by atomic mass is 32.1. The van der Waals surface area contributed by atoms with Crippen LogP contribution in [-0.4, -0.2) is 31.8 Å². The average molecular weight is 250 g/mol. The van der Waals surface area contributed by atoms with Crippen molar-refractivity contribution in [3.05, 3.63) is 29.8 Å². The van der Waals surface area contributed by atoms with Gasteiger partial charge in [-0.05, 0) is 30.7 Å². The highest BCUT2D eigenvalue weighted by Crippen LogP contribution is 2.19. The van der Waals surface area contributed by atoms with Crippen molar-refractivity contribution in [3.8, 4) is 0 Å². The molecule has 2 N–H and O–H groups in total. The summed E-state index contributed by atoms with van der Waals surface area (Å²) in [7, 11) is 2.11. The summed E-state index contributed by atoms with van der Waals surface area (Å²) in [5.74, 6) is 0.648. The zero-order chi connectivity index (χ0) is 12.3. The predicted octanol–water partition coefficient (Wildman–Crippen LogP) is 1.79. The number of ether oxygens (including phenoxy) is 1. The molecule has 2 rings (SSSR count). The number of anilines is 1. The number of thiocarbonyl (C=S) groups is 1. The van der Waals surface area contributed by atoms with E-state index in [-0.39, 0.29) is 0 Å². The molecule has 0 aliphatic carbocycles. The van der Waals surface area contributed by atoms with E-state index in [9.17, 15) is 0 Å². The zero-order valence-electron chi connectivity index (χ0n) is 10.1. The average Bonchev–Trinajstić information content (AvgIpc) is 2.82. The molecule has 1 aliphatic rings. The van der Waals surface area contributed by atoms with Gasteiger partial charge in [-0.1, -0.05) is 12.2 Å². The molecule has 17 heavy (non-hydrogen) atoms. The zero-order valence-corrected chi connectivity index (χ0v) is 10.9. The molecule has 1 aliphatic heterocycles. The molecule has 1 fully saturated rings. The molecule has 1 saturated heterocycles. The van der Waals surface area contributed by atoms with Gasteiger partial charge < -0.3 is 15.4 Å². The van der Waals surface area contributed by atoms with Gasteiger partial charge in [0.25, 0.3) is 0 Å². The first-order valence-electron chi connectivity index (χ1n) is 5.85. The van der Waals surface area contributed by atoms with Crippen LogP contribution in [0.2, 0.25) is 0 Å². The summed E-state index contributed by atoms with van der Waals surface area (Å²) >= 11 is 4.93. The SMILES string of the molecule is CN(CC1CCOC1)c1ccc(C(N)=S)cc1. The van der Waals surface area contributed by atoms with E-state index in [0.29, 0.717) is 10.9 Å². The second-order valence-corrected chi connectivity index (χ2v) is 4.96. The van der Waals surface area contributed by atoms with Crippen molar-refractivity contribution < 1.29 is 4.74 Å². The van der Waals surface area contributed by atoms with Gasteiger partial charge in [0.05, 0.1) is 6.61 Å². The molecule has 0 saturated carbocycles. The monoisotopic (exact) mass is 250 g/mol. The van der Waals surface area contributed by atoms with Crippen molar-refractivity contribution in [1.82, 2.24) is 0 Å². The maximum Gasteiger partial charge on any atom is 0.103 e. The highest BCUT2D eigenvalue weighted by Gasteiger charge is 2.17. The van der Waals surface area contributed by atoms with Gasteiger partial charge >= 0.3 is 0 Å². The molecule has 3 nitrogen and oxygen atoms in total. The third-order valence-electron chi connectivity index (χ3n) is 3.15. The number of benzene rings is 1. The van der Waals surface area contributed by atoms with E-state index in [0.717, 1.165) is 31.7 Å². The van der Waals surface area contributed by atoms with Gasteiger partial charge in [-0.25, -0.2) is 0 Å². The fourth-order valence-electron chi connectivity index (χ4n) is 2.10. The minimum absolute atomic E-state index is 0.448. The Balaban J connectivity index is 1.98. The summed E-state index contributed by atoms with van der Waals surface area (Å²) in [6, 6.07) is 8.06. The van der Waals surface area contributed by atoms with E-state index in [4.69, 9.17) is 22.7 Å². The molecule has 1 heterocycles. The Bertz CT molecular complexity index is 385. The largest absolute Gasteiger partial charge is 0.389 e.